The van der Waals surface area contributed by atoms with Crippen LogP contribution in [0.1, 0.15) is 39.5 Å². The summed E-state index contributed by atoms with van der Waals surface area (Å²) in [6.45, 7) is 11.0. The van der Waals surface area contributed by atoms with E-state index in [1.807, 2.05) is 13.8 Å². The summed E-state index contributed by atoms with van der Waals surface area (Å²) < 4.78 is 5.44. The summed E-state index contributed by atoms with van der Waals surface area (Å²) in [7, 11) is 0. The molecule has 0 bridgehead atoms. The van der Waals surface area contributed by atoms with Crippen LogP contribution in [0.25, 0.3) is 0 Å². The van der Waals surface area contributed by atoms with Crippen molar-refractivity contribution in [2.24, 2.45) is 16.1 Å². The van der Waals surface area contributed by atoms with Crippen LogP contribution in [0.4, 0.5) is 0 Å². The molecule has 0 atom stereocenters. The van der Waals surface area contributed by atoms with Gasteiger partial charge in [0.05, 0.1) is 0 Å². The fourth-order valence-electron chi connectivity index (χ4n) is 2.15. The zero-order chi connectivity index (χ0) is 13.4. The standard InChI is InChI=1S/C14H27N3O/c1-4-18-9-8-14(6-5-7-14)11-17-13(15)16-10-12(2)3/h2,4-11H2,1,3H3,(H3,15,16,17). The average molecular weight is 253 g/mol. The molecule has 0 unspecified atom stereocenters. The molecular formula is C14H27N3O. The second-order valence-electron chi connectivity index (χ2n) is 5.31. The first-order valence-corrected chi connectivity index (χ1v) is 6.84. The molecular weight excluding hydrogens is 226 g/mol. The van der Waals surface area contributed by atoms with E-state index < -0.39 is 0 Å². The molecule has 1 fully saturated rings. The number of nitrogens with two attached hydrogens (primary N) is 1. The van der Waals surface area contributed by atoms with Gasteiger partial charge in [0.2, 0.25) is 0 Å². The lowest BCUT2D eigenvalue weighted by Gasteiger charge is -2.40. The van der Waals surface area contributed by atoms with Gasteiger partial charge in [0.1, 0.15) is 0 Å². The van der Waals surface area contributed by atoms with E-state index in [0.29, 0.717) is 17.9 Å². The molecule has 4 nitrogen and oxygen atoms in total. The normalized spacial score (nSPS) is 18.2. The summed E-state index contributed by atoms with van der Waals surface area (Å²) in [6, 6.07) is 0. The summed E-state index contributed by atoms with van der Waals surface area (Å²) in [5.74, 6) is 0.528. The maximum absolute atomic E-state index is 5.83. The highest BCUT2D eigenvalue weighted by atomic mass is 16.5. The monoisotopic (exact) mass is 253 g/mol. The van der Waals surface area contributed by atoms with Gasteiger partial charge in [-0.1, -0.05) is 18.6 Å². The largest absolute Gasteiger partial charge is 0.382 e. The first-order valence-electron chi connectivity index (χ1n) is 6.84. The molecule has 0 saturated heterocycles. The Labute approximate surface area is 111 Å². The molecule has 0 amide bonds. The molecule has 1 rings (SSSR count). The predicted molar refractivity (Wildman–Crippen MR) is 76.7 cm³/mol. The Balaban J connectivity index is 2.33. The number of ether oxygens (including phenoxy) is 1. The Bertz CT molecular complexity index is 295. The fraction of sp³-hybridized carbons (Fsp3) is 0.786. The Hall–Kier alpha value is -1.03. The van der Waals surface area contributed by atoms with E-state index in [-0.39, 0.29) is 0 Å². The molecule has 0 aromatic carbocycles. The minimum Gasteiger partial charge on any atom is -0.382 e. The molecule has 0 aromatic rings. The van der Waals surface area contributed by atoms with Crippen molar-refractivity contribution in [3.05, 3.63) is 12.2 Å². The number of hydrogen-bond acceptors (Lipinski definition) is 2. The van der Waals surface area contributed by atoms with Crippen LogP contribution in [0.3, 0.4) is 0 Å². The first kappa shape index (κ1) is 15.0. The van der Waals surface area contributed by atoms with E-state index in [1.165, 1.54) is 19.3 Å². The highest BCUT2D eigenvalue weighted by molar-refractivity contribution is 5.78. The topological polar surface area (TPSA) is 59.6 Å². The molecule has 104 valence electrons. The highest BCUT2D eigenvalue weighted by Gasteiger charge is 2.36. The Morgan fingerprint density at radius 1 is 1.50 bits per heavy atom. The van der Waals surface area contributed by atoms with Gasteiger partial charge >= 0.3 is 0 Å². The van der Waals surface area contributed by atoms with Crippen molar-refractivity contribution in [2.45, 2.75) is 39.5 Å². The zero-order valence-electron chi connectivity index (χ0n) is 11.8. The van der Waals surface area contributed by atoms with Crippen LogP contribution >= 0.6 is 0 Å². The second-order valence-corrected chi connectivity index (χ2v) is 5.31. The van der Waals surface area contributed by atoms with Crippen LogP contribution < -0.4 is 11.1 Å². The minimum atomic E-state index is 0.338. The number of hydrogen-bond donors (Lipinski definition) is 2. The lowest BCUT2D eigenvalue weighted by Crippen LogP contribution is -2.38. The third-order valence-corrected chi connectivity index (χ3v) is 3.55. The van der Waals surface area contributed by atoms with Gasteiger partial charge in [-0.2, -0.15) is 0 Å². The molecule has 4 heteroatoms. The Morgan fingerprint density at radius 3 is 2.72 bits per heavy atom. The van der Waals surface area contributed by atoms with Gasteiger partial charge in [-0.05, 0) is 38.5 Å². The maximum atomic E-state index is 5.83. The van der Waals surface area contributed by atoms with Crippen LogP contribution in [-0.2, 0) is 4.74 Å². The van der Waals surface area contributed by atoms with Crippen LogP contribution in [0.15, 0.2) is 17.1 Å². The number of aliphatic imine (C=N–C) groups is 1. The molecule has 1 aliphatic rings. The summed E-state index contributed by atoms with van der Waals surface area (Å²) in [4.78, 5) is 4.46. The van der Waals surface area contributed by atoms with E-state index in [1.54, 1.807) is 0 Å². The highest BCUT2D eigenvalue weighted by Crippen LogP contribution is 2.44. The van der Waals surface area contributed by atoms with Gasteiger partial charge in [-0.25, -0.2) is 0 Å². The number of nitrogens with zero attached hydrogens (tertiary/aromatic N) is 1. The van der Waals surface area contributed by atoms with Crippen LogP contribution in [0, 0.1) is 5.41 Å². The maximum Gasteiger partial charge on any atom is 0.188 e. The van der Waals surface area contributed by atoms with Crippen molar-refractivity contribution in [2.75, 3.05) is 26.3 Å². The molecule has 0 spiro atoms. The summed E-state index contributed by atoms with van der Waals surface area (Å²) >= 11 is 0. The SMILES string of the molecule is C=C(C)CNC(N)=NCC1(CCOCC)CCC1. The molecule has 18 heavy (non-hydrogen) atoms. The van der Waals surface area contributed by atoms with E-state index in [9.17, 15) is 0 Å². The van der Waals surface area contributed by atoms with Gasteiger partial charge in [0.15, 0.2) is 5.96 Å². The number of rotatable bonds is 8. The van der Waals surface area contributed by atoms with E-state index in [0.717, 1.165) is 31.8 Å². The molecule has 0 radical (unpaired) electrons. The molecule has 3 N–H and O–H groups in total. The fourth-order valence-corrected chi connectivity index (χ4v) is 2.15. The molecule has 0 heterocycles. The Morgan fingerprint density at radius 2 is 2.22 bits per heavy atom. The lowest BCUT2D eigenvalue weighted by atomic mass is 9.67. The lowest BCUT2D eigenvalue weighted by molar-refractivity contribution is 0.0609. The van der Waals surface area contributed by atoms with Crippen LogP contribution in [0.2, 0.25) is 0 Å². The molecule has 1 aliphatic carbocycles. The quantitative estimate of drug-likeness (QED) is 0.301. The molecule has 0 aromatic heterocycles. The summed E-state index contributed by atoms with van der Waals surface area (Å²) in [6.07, 6.45) is 4.90. The van der Waals surface area contributed by atoms with Crippen molar-refractivity contribution in [3.63, 3.8) is 0 Å². The number of guanidine groups is 1. The van der Waals surface area contributed by atoms with Gasteiger partial charge < -0.3 is 15.8 Å². The van der Waals surface area contributed by atoms with E-state index in [2.05, 4.69) is 16.9 Å². The minimum absolute atomic E-state index is 0.338. The average Bonchev–Trinajstić information content (AvgIpc) is 2.29. The van der Waals surface area contributed by atoms with Crippen molar-refractivity contribution >= 4 is 5.96 Å². The second kappa shape index (κ2) is 7.41. The predicted octanol–water partition coefficient (Wildman–Crippen LogP) is 2.06. The first-order chi connectivity index (χ1) is 8.58. The number of nitrogens with one attached hydrogen (secondary N) is 1. The summed E-state index contributed by atoms with van der Waals surface area (Å²) in [5.41, 5.74) is 7.23. The van der Waals surface area contributed by atoms with Crippen molar-refractivity contribution < 1.29 is 4.74 Å². The van der Waals surface area contributed by atoms with Crippen molar-refractivity contribution in [1.29, 1.82) is 0 Å². The van der Waals surface area contributed by atoms with Crippen LogP contribution in [0.5, 0.6) is 0 Å². The zero-order valence-corrected chi connectivity index (χ0v) is 11.8. The summed E-state index contributed by atoms with van der Waals surface area (Å²) in [5, 5.41) is 3.07. The van der Waals surface area contributed by atoms with Gasteiger partial charge in [-0.3, -0.25) is 4.99 Å². The Kier molecular flexibility index (Phi) is 6.19. The van der Waals surface area contributed by atoms with Crippen molar-refractivity contribution in [1.82, 2.24) is 5.32 Å². The van der Waals surface area contributed by atoms with Gasteiger partial charge in [0, 0.05) is 26.3 Å². The van der Waals surface area contributed by atoms with E-state index in [4.69, 9.17) is 10.5 Å². The molecule has 1 saturated carbocycles. The third-order valence-electron chi connectivity index (χ3n) is 3.55. The third kappa shape index (κ3) is 5.08. The van der Waals surface area contributed by atoms with E-state index >= 15 is 0 Å². The molecule has 0 aliphatic heterocycles. The van der Waals surface area contributed by atoms with Gasteiger partial charge in [0.25, 0.3) is 0 Å². The van der Waals surface area contributed by atoms with Crippen molar-refractivity contribution in [3.8, 4) is 0 Å². The van der Waals surface area contributed by atoms with Crippen LogP contribution in [-0.4, -0.2) is 32.3 Å². The van der Waals surface area contributed by atoms with Gasteiger partial charge in [-0.15, -0.1) is 0 Å². The smallest absolute Gasteiger partial charge is 0.188 e.